The first kappa shape index (κ1) is 12.0. The molecule has 18 heavy (non-hydrogen) atoms. The van der Waals surface area contributed by atoms with Gasteiger partial charge in [-0.25, -0.2) is 0 Å². The largest absolute Gasteiger partial charge is 0.343 e. The molecular formula is C15H15N3. The van der Waals surface area contributed by atoms with Gasteiger partial charge in [0.2, 0.25) is 0 Å². The number of nitrogens with zero attached hydrogens (tertiary/aromatic N) is 3. The third-order valence-electron chi connectivity index (χ3n) is 2.65. The van der Waals surface area contributed by atoms with Gasteiger partial charge in [0, 0.05) is 24.8 Å². The van der Waals surface area contributed by atoms with Crippen molar-refractivity contribution >= 4 is 13.2 Å². The van der Waals surface area contributed by atoms with Crippen molar-refractivity contribution in [3.63, 3.8) is 0 Å². The molecule has 3 nitrogen and oxygen atoms in total. The van der Waals surface area contributed by atoms with Crippen LogP contribution >= 0.6 is 0 Å². The molecule has 0 aliphatic rings. The van der Waals surface area contributed by atoms with Crippen LogP contribution in [0.15, 0.2) is 48.9 Å². The van der Waals surface area contributed by atoms with Gasteiger partial charge in [0.1, 0.15) is 5.69 Å². The molecule has 0 aliphatic carbocycles. The number of rotatable bonds is 1. The Hall–Kier alpha value is -2.42. The van der Waals surface area contributed by atoms with Crippen molar-refractivity contribution in [1.29, 1.82) is 0 Å². The monoisotopic (exact) mass is 237 g/mol. The van der Waals surface area contributed by atoms with Crippen LogP contribution in [0.5, 0.6) is 0 Å². The van der Waals surface area contributed by atoms with Crippen LogP contribution in [0.2, 0.25) is 0 Å². The van der Waals surface area contributed by atoms with E-state index in [0.29, 0.717) is 0 Å². The summed E-state index contributed by atoms with van der Waals surface area (Å²) >= 11 is 0. The first-order valence-electron chi connectivity index (χ1n) is 5.63. The molecule has 90 valence electrons. The molecule has 0 aromatic carbocycles. The van der Waals surface area contributed by atoms with E-state index in [4.69, 9.17) is 0 Å². The average Bonchev–Trinajstić information content (AvgIpc) is 2.45. The summed E-state index contributed by atoms with van der Waals surface area (Å²) in [5.74, 6) is 0. The third kappa shape index (κ3) is 2.63. The molecule has 2 rings (SSSR count). The van der Waals surface area contributed by atoms with Gasteiger partial charge in [-0.15, -0.1) is 0 Å². The van der Waals surface area contributed by atoms with Crippen molar-refractivity contribution in [2.45, 2.75) is 0 Å². The highest BCUT2D eigenvalue weighted by atomic mass is 14.9. The second-order valence-corrected chi connectivity index (χ2v) is 3.96. The molecular weight excluding hydrogens is 222 g/mol. The Labute approximate surface area is 106 Å². The Morgan fingerprint density at radius 1 is 1.11 bits per heavy atom. The van der Waals surface area contributed by atoms with Crippen LogP contribution in [0.25, 0.3) is 24.5 Å². The maximum absolute atomic E-state index is 4.32. The van der Waals surface area contributed by atoms with Crippen LogP contribution in [0, 0.1) is 0 Å². The molecule has 2 aromatic rings. The molecule has 0 aliphatic heterocycles. The van der Waals surface area contributed by atoms with Crippen molar-refractivity contribution in [2.24, 2.45) is 7.05 Å². The van der Waals surface area contributed by atoms with E-state index >= 15 is 0 Å². The summed E-state index contributed by atoms with van der Waals surface area (Å²) in [4.78, 5) is 8.42. The lowest BCUT2D eigenvalue weighted by Crippen LogP contribution is -2.15. The fraction of sp³-hybridized carbons (Fsp3) is 0.0667. The zero-order valence-corrected chi connectivity index (χ0v) is 10.4. The van der Waals surface area contributed by atoms with Crippen molar-refractivity contribution in [3.8, 4) is 11.4 Å². The van der Waals surface area contributed by atoms with Crippen LogP contribution < -0.4 is 10.6 Å². The molecule has 0 unspecified atom stereocenters. The maximum atomic E-state index is 4.32. The maximum Gasteiger partial charge on any atom is 0.105 e. The van der Waals surface area contributed by atoms with E-state index in [1.54, 1.807) is 18.6 Å². The molecule has 0 fully saturated rings. The van der Waals surface area contributed by atoms with E-state index in [1.165, 1.54) is 0 Å². The van der Waals surface area contributed by atoms with Gasteiger partial charge < -0.3 is 4.57 Å². The predicted octanol–water partition coefficient (Wildman–Crippen LogP) is 1.43. The van der Waals surface area contributed by atoms with E-state index < -0.39 is 0 Å². The van der Waals surface area contributed by atoms with Crippen LogP contribution in [0.3, 0.4) is 0 Å². The summed E-state index contributed by atoms with van der Waals surface area (Å²) in [6.07, 6.45) is 5.06. The molecule has 0 saturated carbocycles. The number of aromatic nitrogens is 3. The molecule has 0 bridgehead atoms. The fourth-order valence-corrected chi connectivity index (χ4v) is 1.61. The van der Waals surface area contributed by atoms with Crippen molar-refractivity contribution in [1.82, 2.24) is 14.5 Å². The summed E-state index contributed by atoms with van der Waals surface area (Å²) < 4.78 is 1.97. The molecule has 0 amide bonds. The van der Waals surface area contributed by atoms with Gasteiger partial charge in [0.05, 0.1) is 11.9 Å². The van der Waals surface area contributed by atoms with Crippen molar-refractivity contribution in [2.75, 3.05) is 0 Å². The van der Waals surface area contributed by atoms with Crippen LogP contribution in [0.4, 0.5) is 0 Å². The number of hydrogen-bond donors (Lipinski definition) is 0. The minimum atomic E-state index is 0.797. The minimum absolute atomic E-state index is 0.797. The predicted molar refractivity (Wildman–Crippen MR) is 74.4 cm³/mol. The fourth-order valence-electron chi connectivity index (χ4n) is 1.61. The Balaban J connectivity index is 2.87. The standard InChI is InChI=1S/C15H15N3/c1-12-6-4-5-7-13(2)18(3)15(10-12)14-11-16-8-9-17-14/h4-11H,1-2H2,3H3. The second kappa shape index (κ2) is 5.27. The van der Waals surface area contributed by atoms with Gasteiger partial charge in [-0.3, -0.25) is 9.97 Å². The Morgan fingerprint density at radius 2 is 1.89 bits per heavy atom. The van der Waals surface area contributed by atoms with Gasteiger partial charge in [-0.2, -0.15) is 0 Å². The van der Waals surface area contributed by atoms with E-state index in [-0.39, 0.29) is 0 Å². The first-order chi connectivity index (χ1) is 8.68. The van der Waals surface area contributed by atoms with Crippen LogP contribution in [-0.2, 0) is 7.05 Å². The lowest BCUT2D eigenvalue weighted by molar-refractivity contribution is 0.878. The van der Waals surface area contributed by atoms with E-state index in [9.17, 15) is 0 Å². The summed E-state index contributed by atoms with van der Waals surface area (Å²) in [7, 11) is 1.95. The molecule has 0 spiro atoms. The number of hydrogen-bond acceptors (Lipinski definition) is 2. The van der Waals surface area contributed by atoms with E-state index in [2.05, 4.69) is 23.1 Å². The first-order valence-corrected chi connectivity index (χ1v) is 5.63. The summed E-state index contributed by atoms with van der Waals surface area (Å²) in [5, 5.41) is 1.79. The van der Waals surface area contributed by atoms with Crippen LogP contribution in [-0.4, -0.2) is 14.5 Å². The highest BCUT2D eigenvalue weighted by molar-refractivity contribution is 5.52. The molecule has 0 N–H and O–H groups in total. The van der Waals surface area contributed by atoms with Gasteiger partial charge in [-0.1, -0.05) is 31.4 Å². The van der Waals surface area contributed by atoms with Crippen LogP contribution in [0.1, 0.15) is 0 Å². The molecule has 0 radical (unpaired) electrons. The quantitative estimate of drug-likeness (QED) is 0.751. The van der Waals surface area contributed by atoms with Gasteiger partial charge >= 0.3 is 0 Å². The lowest BCUT2D eigenvalue weighted by Gasteiger charge is -2.05. The molecule has 2 heterocycles. The SMILES string of the molecule is C=c1ccccc(=C)n(C)c(-c2cnccn2)c1. The highest BCUT2D eigenvalue weighted by Gasteiger charge is 1.99. The molecule has 0 saturated heterocycles. The zero-order chi connectivity index (χ0) is 13.0. The smallest absolute Gasteiger partial charge is 0.105 e. The Bertz CT molecular complexity index is 686. The Morgan fingerprint density at radius 3 is 2.61 bits per heavy atom. The summed E-state index contributed by atoms with van der Waals surface area (Å²) in [5.41, 5.74) is 1.72. The molecule has 3 heteroatoms. The Kier molecular flexibility index (Phi) is 3.53. The van der Waals surface area contributed by atoms with Crippen molar-refractivity contribution < 1.29 is 0 Å². The molecule has 2 aromatic heterocycles. The highest BCUT2D eigenvalue weighted by Crippen LogP contribution is 2.09. The molecule has 0 atom stereocenters. The van der Waals surface area contributed by atoms with E-state index in [0.717, 1.165) is 22.0 Å². The lowest BCUT2D eigenvalue weighted by atomic mass is 10.2. The normalized spacial score (nSPS) is 9.83. The van der Waals surface area contributed by atoms with Gasteiger partial charge in [0.15, 0.2) is 0 Å². The van der Waals surface area contributed by atoms with Crippen molar-refractivity contribution in [3.05, 3.63) is 59.5 Å². The average molecular weight is 237 g/mol. The van der Waals surface area contributed by atoms with Gasteiger partial charge in [-0.05, 0) is 17.4 Å². The summed E-state index contributed by atoms with van der Waals surface area (Å²) in [6, 6.07) is 9.74. The second-order valence-electron chi connectivity index (χ2n) is 3.96. The third-order valence-corrected chi connectivity index (χ3v) is 2.65. The van der Waals surface area contributed by atoms with E-state index in [1.807, 2.05) is 41.9 Å². The summed E-state index contributed by atoms with van der Waals surface area (Å²) in [6.45, 7) is 8.02. The topological polar surface area (TPSA) is 30.7 Å². The minimum Gasteiger partial charge on any atom is -0.343 e. The zero-order valence-electron chi connectivity index (χ0n) is 10.4. The van der Waals surface area contributed by atoms with Gasteiger partial charge in [0.25, 0.3) is 0 Å².